The summed E-state index contributed by atoms with van der Waals surface area (Å²) in [4.78, 5) is 4.52. The molecule has 67 heavy (non-hydrogen) atoms. The Kier molecular flexibility index (Phi) is 14.4. The Morgan fingerprint density at radius 3 is 1.94 bits per heavy atom. The summed E-state index contributed by atoms with van der Waals surface area (Å²) < 4.78 is 21.7. The van der Waals surface area contributed by atoms with Gasteiger partial charge >= 0.3 is 0 Å². The maximum atomic E-state index is 15.1. The average molecular weight is 985 g/mol. The van der Waals surface area contributed by atoms with Crippen molar-refractivity contribution in [1.82, 2.24) is 5.32 Å². The van der Waals surface area contributed by atoms with Gasteiger partial charge in [0.1, 0.15) is 11.5 Å². The SMILES string of the molecule is CCCNCCc1cc(CC(C)P2c3ccccc3Oc3ccc(C(C)C)c(N)c32)c2c(c1N)P(C(C)Cc1cc(C(C)C)c(N)c3c1S(=O)c1ccccc1P3C(C)C)c1ccccc1S2. The number of ether oxygens (including phenoxy) is 1. The zero-order chi connectivity index (χ0) is 47.4. The fourth-order valence-electron chi connectivity index (χ4n) is 10.5. The van der Waals surface area contributed by atoms with E-state index in [1.165, 1.54) is 58.6 Å². The molecule has 0 bridgehead atoms. The van der Waals surface area contributed by atoms with Crippen LogP contribution in [0.15, 0.2) is 117 Å². The molecule has 0 radical (unpaired) electrons. The van der Waals surface area contributed by atoms with Crippen LogP contribution in [0, 0.1) is 0 Å². The fourth-order valence-corrected chi connectivity index (χ4v) is 23.2. The van der Waals surface area contributed by atoms with Gasteiger partial charge in [-0.3, -0.25) is 0 Å². The molecule has 0 spiro atoms. The second-order valence-electron chi connectivity index (χ2n) is 19.4. The number of rotatable bonds is 14. The molecule has 0 saturated carbocycles. The first kappa shape index (κ1) is 48.3. The van der Waals surface area contributed by atoms with E-state index in [0.29, 0.717) is 11.6 Å². The van der Waals surface area contributed by atoms with Gasteiger partial charge in [-0.1, -0.05) is 147 Å². The second-order valence-corrected chi connectivity index (χ2v) is 29.7. The van der Waals surface area contributed by atoms with Crippen LogP contribution in [0.2, 0.25) is 0 Å². The van der Waals surface area contributed by atoms with Crippen LogP contribution in [0.3, 0.4) is 0 Å². The number of fused-ring (bicyclic) bond motifs is 6. The van der Waals surface area contributed by atoms with E-state index in [4.69, 9.17) is 21.9 Å². The Hall–Kier alpha value is -3.73. The molecule has 350 valence electrons. The van der Waals surface area contributed by atoms with Crippen molar-refractivity contribution in [3.05, 3.63) is 125 Å². The summed E-state index contributed by atoms with van der Waals surface area (Å²) in [7, 11) is -4.03. The van der Waals surface area contributed by atoms with Gasteiger partial charge in [-0.05, 0) is 154 Å². The smallest absolute Gasteiger partial charge is 0.137 e. The third-order valence-electron chi connectivity index (χ3n) is 13.7. The number of nitrogen functional groups attached to an aromatic ring is 3. The lowest BCUT2D eigenvalue weighted by Crippen LogP contribution is -2.34. The van der Waals surface area contributed by atoms with Gasteiger partial charge in [0, 0.05) is 48.1 Å². The summed E-state index contributed by atoms with van der Waals surface area (Å²) in [5.41, 5.74) is 31.6. The number of para-hydroxylation sites is 1. The summed E-state index contributed by atoms with van der Waals surface area (Å²) >= 11 is 1.90. The summed E-state index contributed by atoms with van der Waals surface area (Å²) in [6.45, 7) is 22.4. The molecule has 11 heteroatoms. The highest BCUT2D eigenvalue weighted by Gasteiger charge is 2.40. The molecule has 3 heterocycles. The van der Waals surface area contributed by atoms with Crippen LogP contribution in [0.1, 0.15) is 108 Å². The van der Waals surface area contributed by atoms with E-state index in [0.717, 1.165) is 88.0 Å². The highest BCUT2D eigenvalue weighted by atomic mass is 32.2. The molecule has 0 saturated heterocycles. The minimum atomic E-state index is -1.36. The van der Waals surface area contributed by atoms with E-state index in [-0.39, 0.29) is 17.2 Å². The standard InChI is InChI=1S/C56H67N4O2P3S2/c1-10-26-60-27-25-37-30-38(28-35(8)64-44-18-12-11-17-42(44)62-43-24-23-40(32(2)3)50(58)52(43)64)55-53(49(37)57)65(45-19-13-15-21-47(45)66-55)36(9)29-39-31-41(33(4)5)51(59)54-56(39)67(61)48-22-16-14-20-46(48)63(54)34(6)7/h11-24,30-36,60H,10,25-29,57-59H2,1-9H3. The zero-order valence-corrected chi connectivity index (χ0v) is 44.9. The lowest BCUT2D eigenvalue weighted by Gasteiger charge is -2.38. The topological polar surface area (TPSA) is 116 Å². The maximum absolute atomic E-state index is 15.1. The minimum Gasteiger partial charge on any atom is -0.456 e. The van der Waals surface area contributed by atoms with E-state index in [2.05, 4.69) is 159 Å². The van der Waals surface area contributed by atoms with Crippen LogP contribution in [0.25, 0.3) is 0 Å². The molecular weight excluding hydrogens is 918 g/mol. The largest absolute Gasteiger partial charge is 0.456 e. The molecular formula is C56H67N4O2P3S2. The van der Waals surface area contributed by atoms with Crippen molar-refractivity contribution in [2.24, 2.45) is 0 Å². The normalized spacial score (nSPS) is 18.9. The van der Waals surface area contributed by atoms with Gasteiger partial charge in [0.05, 0.1) is 20.6 Å². The molecule has 0 amide bonds. The minimum absolute atomic E-state index is 0.178. The third kappa shape index (κ3) is 8.81. The van der Waals surface area contributed by atoms with Gasteiger partial charge in [0.25, 0.3) is 0 Å². The van der Waals surface area contributed by atoms with Crippen molar-refractivity contribution < 1.29 is 8.95 Å². The number of nitrogens with two attached hydrogens (primary N) is 3. The molecule has 6 nitrogen and oxygen atoms in total. The number of hydrogen-bond acceptors (Lipinski definition) is 7. The molecule has 3 aliphatic rings. The number of benzene rings is 6. The highest BCUT2D eigenvalue weighted by molar-refractivity contribution is 8.01. The van der Waals surface area contributed by atoms with E-state index in [9.17, 15) is 0 Å². The molecule has 7 N–H and O–H groups in total. The van der Waals surface area contributed by atoms with Gasteiger partial charge in [-0.25, -0.2) is 4.21 Å². The molecule has 6 aromatic carbocycles. The molecule has 6 atom stereocenters. The van der Waals surface area contributed by atoms with Gasteiger partial charge in [-0.15, -0.1) is 0 Å². The van der Waals surface area contributed by atoms with E-state index in [1.54, 1.807) is 0 Å². The van der Waals surface area contributed by atoms with Gasteiger partial charge in [0.2, 0.25) is 0 Å². The lowest BCUT2D eigenvalue weighted by molar-refractivity contribution is 0.488. The first-order valence-electron chi connectivity index (χ1n) is 24.2. The average Bonchev–Trinajstić information content (AvgIpc) is 3.30. The van der Waals surface area contributed by atoms with Gasteiger partial charge < -0.3 is 27.3 Å². The molecule has 3 aliphatic heterocycles. The van der Waals surface area contributed by atoms with Crippen molar-refractivity contribution in [3.63, 3.8) is 0 Å². The first-order chi connectivity index (χ1) is 32.2. The van der Waals surface area contributed by atoms with Crippen molar-refractivity contribution in [2.45, 2.75) is 136 Å². The quantitative estimate of drug-likeness (QED) is 0.0488. The highest BCUT2D eigenvalue weighted by Crippen LogP contribution is 2.57. The number of anilines is 3. The summed E-state index contributed by atoms with van der Waals surface area (Å²) in [5, 5.41) is 11.1. The van der Waals surface area contributed by atoms with E-state index >= 15 is 4.21 Å². The second kappa shape index (κ2) is 19.9. The molecule has 0 fully saturated rings. The van der Waals surface area contributed by atoms with Crippen LogP contribution in [-0.2, 0) is 30.1 Å². The molecule has 6 unspecified atom stereocenters. The Bertz CT molecular complexity index is 2880. The predicted molar refractivity (Wildman–Crippen MR) is 296 cm³/mol. The summed E-state index contributed by atoms with van der Waals surface area (Å²) in [5.74, 6) is 2.34. The van der Waals surface area contributed by atoms with Crippen LogP contribution >= 0.6 is 35.5 Å². The monoisotopic (exact) mass is 984 g/mol. The zero-order valence-electron chi connectivity index (χ0n) is 40.6. The van der Waals surface area contributed by atoms with Crippen LogP contribution in [-0.4, -0.2) is 34.3 Å². The molecule has 9 rings (SSSR count). The van der Waals surface area contributed by atoms with E-state index in [1.807, 2.05) is 17.8 Å². The maximum Gasteiger partial charge on any atom is 0.137 e. The Morgan fingerprint density at radius 1 is 0.612 bits per heavy atom. The Balaban J connectivity index is 1.19. The van der Waals surface area contributed by atoms with Gasteiger partial charge in [-0.2, -0.15) is 0 Å². The number of nitrogens with one attached hydrogen (secondary N) is 1. The first-order valence-corrected chi connectivity index (χ1v) is 30.4. The van der Waals surface area contributed by atoms with Crippen LogP contribution in [0.5, 0.6) is 11.5 Å². The summed E-state index contributed by atoms with van der Waals surface area (Å²) in [6, 6.07) is 35.1. The van der Waals surface area contributed by atoms with E-state index < -0.39 is 34.6 Å². The molecule has 6 aromatic rings. The van der Waals surface area contributed by atoms with Crippen molar-refractivity contribution in [3.8, 4) is 11.5 Å². The molecule has 0 aliphatic carbocycles. The Labute approximate surface area is 410 Å². The fraction of sp³-hybridized carbons (Fsp3) is 0.357. The number of hydrogen-bond donors (Lipinski definition) is 4. The summed E-state index contributed by atoms with van der Waals surface area (Å²) in [6.07, 6.45) is 3.57. The Morgan fingerprint density at radius 2 is 1.24 bits per heavy atom. The third-order valence-corrected chi connectivity index (χ3v) is 25.8. The predicted octanol–water partition coefficient (Wildman–Crippen LogP) is 11.2. The lowest BCUT2D eigenvalue weighted by atomic mass is 9.97. The van der Waals surface area contributed by atoms with Crippen molar-refractivity contribution in [2.75, 3.05) is 30.3 Å². The van der Waals surface area contributed by atoms with Crippen LogP contribution < -0.4 is 59.1 Å². The van der Waals surface area contributed by atoms with Gasteiger partial charge in [0.15, 0.2) is 0 Å². The van der Waals surface area contributed by atoms with Crippen molar-refractivity contribution >= 4 is 95.2 Å². The molecule has 0 aromatic heterocycles. The van der Waals surface area contributed by atoms with Crippen LogP contribution in [0.4, 0.5) is 17.1 Å². The van der Waals surface area contributed by atoms with Crippen molar-refractivity contribution in [1.29, 1.82) is 0 Å².